The number of esters is 1. The van der Waals surface area contributed by atoms with E-state index in [4.69, 9.17) is 16.3 Å². The highest BCUT2D eigenvalue weighted by molar-refractivity contribution is 6.18. The van der Waals surface area contributed by atoms with Crippen molar-refractivity contribution in [1.29, 1.82) is 0 Å². The number of hydrogen-bond donors (Lipinski definition) is 0. The summed E-state index contributed by atoms with van der Waals surface area (Å²) >= 11 is 5.82. The fourth-order valence-corrected chi connectivity index (χ4v) is 2.68. The second-order valence-corrected chi connectivity index (χ2v) is 4.49. The minimum atomic E-state index is -0.287. The average Bonchev–Trinajstić information content (AvgIpc) is 3.03. The standard InChI is InChI=1S/C13H14ClFO2/c1-2-17-13(16)12-10(7-14)11(12)8-4-3-5-9(15)6-8/h3-6,10-12H,2,7H2,1H3. The minimum Gasteiger partial charge on any atom is -0.466 e. The fraction of sp³-hybridized carbons (Fsp3) is 0.462. The molecular weight excluding hydrogens is 243 g/mol. The van der Waals surface area contributed by atoms with Gasteiger partial charge in [0.2, 0.25) is 0 Å². The second-order valence-electron chi connectivity index (χ2n) is 4.18. The zero-order chi connectivity index (χ0) is 12.4. The van der Waals surface area contributed by atoms with Gasteiger partial charge in [-0.1, -0.05) is 12.1 Å². The number of halogens is 2. The van der Waals surface area contributed by atoms with Crippen LogP contribution in [0.15, 0.2) is 24.3 Å². The third-order valence-corrected chi connectivity index (χ3v) is 3.50. The van der Waals surface area contributed by atoms with Crippen molar-refractivity contribution in [2.24, 2.45) is 11.8 Å². The van der Waals surface area contributed by atoms with E-state index in [9.17, 15) is 9.18 Å². The predicted molar refractivity (Wildman–Crippen MR) is 63.5 cm³/mol. The summed E-state index contributed by atoms with van der Waals surface area (Å²) < 4.78 is 18.1. The van der Waals surface area contributed by atoms with Crippen LogP contribution in [0, 0.1) is 17.7 Å². The molecule has 4 heteroatoms. The van der Waals surface area contributed by atoms with Crippen LogP contribution in [0.25, 0.3) is 0 Å². The van der Waals surface area contributed by atoms with Gasteiger partial charge in [0.15, 0.2) is 0 Å². The first-order valence-corrected chi connectivity index (χ1v) is 6.20. The largest absolute Gasteiger partial charge is 0.466 e. The third kappa shape index (κ3) is 2.44. The molecule has 1 saturated carbocycles. The molecule has 2 rings (SSSR count). The van der Waals surface area contributed by atoms with E-state index in [2.05, 4.69) is 0 Å². The van der Waals surface area contributed by atoms with Crippen LogP contribution in [0.3, 0.4) is 0 Å². The van der Waals surface area contributed by atoms with Crippen LogP contribution in [0.4, 0.5) is 4.39 Å². The van der Waals surface area contributed by atoms with Gasteiger partial charge in [0.25, 0.3) is 0 Å². The molecule has 3 unspecified atom stereocenters. The molecule has 0 amide bonds. The van der Waals surface area contributed by atoms with Crippen LogP contribution in [0.2, 0.25) is 0 Å². The summed E-state index contributed by atoms with van der Waals surface area (Å²) in [4.78, 5) is 11.7. The number of ether oxygens (including phenoxy) is 1. The van der Waals surface area contributed by atoms with Gasteiger partial charge in [0.1, 0.15) is 5.82 Å². The normalized spacial score (nSPS) is 26.6. The molecule has 1 aromatic carbocycles. The molecule has 0 bridgehead atoms. The third-order valence-electron chi connectivity index (χ3n) is 3.14. The summed E-state index contributed by atoms with van der Waals surface area (Å²) in [7, 11) is 0. The first kappa shape index (κ1) is 12.4. The van der Waals surface area contributed by atoms with Gasteiger partial charge in [0, 0.05) is 11.8 Å². The maximum Gasteiger partial charge on any atom is 0.309 e. The Kier molecular flexibility index (Phi) is 3.67. The van der Waals surface area contributed by atoms with E-state index in [-0.39, 0.29) is 29.5 Å². The molecule has 3 atom stereocenters. The Bertz CT molecular complexity index is 422. The van der Waals surface area contributed by atoms with E-state index < -0.39 is 0 Å². The maximum atomic E-state index is 13.1. The van der Waals surface area contributed by atoms with E-state index in [0.29, 0.717) is 12.5 Å². The van der Waals surface area contributed by atoms with Crippen LogP contribution in [-0.2, 0) is 9.53 Å². The summed E-state index contributed by atoms with van der Waals surface area (Å²) in [5.41, 5.74) is 0.828. The lowest BCUT2D eigenvalue weighted by molar-refractivity contribution is -0.145. The molecule has 2 nitrogen and oxygen atoms in total. The molecule has 0 heterocycles. The summed E-state index contributed by atoms with van der Waals surface area (Å²) in [6, 6.07) is 6.33. The van der Waals surface area contributed by atoms with Crippen molar-refractivity contribution in [3.8, 4) is 0 Å². The summed E-state index contributed by atoms with van der Waals surface area (Å²) in [6.07, 6.45) is 0. The summed E-state index contributed by atoms with van der Waals surface area (Å²) in [5.74, 6) is -0.267. The molecule has 1 aliphatic rings. The molecule has 1 aliphatic carbocycles. The average molecular weight is 257 g/mol. The van der Waals surface area contributed by atoms with Gasteiger partial charge in [-0.05, 0) is 30.5 Å². The molecule has 17 heavy (non-hydrogen) atoms. The van der Waals surface area contributed by atoms with Crippen LogP contribution in [-0.4, -0.2) is 18.5 Å². The van der Waals surface area contributed by atoms with Crippen molar-refractivity contribution in [3.63, 3.8) is 0 Å². The molecule has 0 radical (unpaired) electrons. The Hall–Kier alpha value is -1.09. The van der Waals surface area contributed by atoms with Gasteiger partial charge in [-0.2, -0.15) is 0 Å². The Labute approximate surface area is 105 Å². The predicted octanol–water partition coefficient (Wildman–Crippen LogP) is 2.96. The van der Waals surface area contributed by atoms with E-state index in [1.807, 2.05) is 6.07 Å². The number of benzene rings is 1. The molecule has 0 N–H and O–H groups in total. The van der Waals surface area contributed by atoms with E-state index in [0.717, 1.165) is 5.56 Å². The van der Waals surface area contributed by atoms with E-state index >= 15 is 0 Å². The van der Waals surface area contributed by atoms with Crippen molar-refractivity contribution in [2.75, 3.05) is 12.5 Å². The molecule has 0 aliphatic heterocycles. The minimum absolute atomic E-state index is 0.00208. The van der Waals surface area contributed by atoms with Crippen LogP contribution < -0.4 is 0 Å². The molecule has 92 valence electrons. The van der Waals surface area contributed by atoms with Gasteiger partial charge in [-0.15, -0.1) is 11.6 Å². The lowest BCUT2D eigenvalue weighted by Crippen LogP contribution is -2.08. The number of carbonyl (C=O) groups excluding carboxylic acids is 1. The quantitative estimate of drug-likeness (QED) is 0.612. The van der Waals surface area contributed by atoms with Crippen LogP contribution >= 0.6 is 11.6 Å². The first-order chi connectivity index (χ1) is 8.19. The van der Waals surface area contributed by atoms with Crippen molar-refractivity contribution < 1.29 is 13.9 Å². The zero-order valence-corrected chi connectivity index (χ0v) is 10.3. The van der Waals surface area contributed by atoms with Gasteiger partial charge in [-0.25, -0.2) is 4.39 Å². The van der Waals surface area contributed by atoms with Crippen LogP contribution in [0.1, 0.15) is 18.4 Å². The topological polar surface area (TPSA) is 26.3 Å². The number of carbonyl (C=O) groups is 1. The second kappa shape index (κ2) is 5.05. The number of alkyl halides is 1. The van der Waals surface area contributed by atoms with Crippen molar-refractivity contribution in [1.82, 2.24) is 0 Å². The zero-order valence-electron chi connectivity index (χ0n) is 9.53. The number of hydrogen-bond acceptors (Lipinski definition) is 2. The van der Waals surface area contributed by atoms with Gasteiger partial charge < -0.3 is 4.74 Å². The van der Waals surface area contributed by atoms with Crippen molar-refractivity contribution >= 4 is 17.6 Å². The SMILES string of the molecule is CCOC(=O)C1C(CCl)C1c1cccc(F)c1. The van der Waals surface area contributed by atoms with Gasteiger partial charge in [-0.3, -0.25) is 4.79 Å². The molecule has 0 saturated heterocycles. The van der Waals surface area contributed by atoms with E-state index in [1.54, 1.807) is 13.0 Å². The monoisotopic (exact) mass is 256 g/mol. The Balaban J connectivity index is 2.14. The smallest absolute Gasteiger partial charge is 0.309 e. The Morgan fingerprint density at radius 3 is 2.88 bits per heavy atom. The highest BCUT2D eigenvalue weighted by Gasteiger charge is 2.55. The molecule has 0 aromatic heterocycles. The van der Waals surface area contributed by atoms with Crippen molar-refractivity contribution in [3.05, 3.63) is 35.6 Å². The molecule has 0 spiro atoms. The summed E-state index contributed by atoms with van der Waals surface area (Å²) in [5, 5.41) is 0. The number of rotatable bonds is 4. The highest BCUT2D eigenvalue weighted by atomic mass is 35.5. The van der Waals surface area contributed by atoms with Gasteiger partial charge in [0.05, 0.1) is 12.5 Å². The van der Waals surface area contributed by atoms with Gasteiger partial charge >= 0.3 is 5.97 Å². The molecule has 1 fully saturated rings. The van der Waals surface area contributed by atoms with Crippen molar-refractivity contribution in [2.45, 2.75) is 12.8 Å². The maximum absolute atomic E-state index is 13.1. The summed E-state index contributed by atoms with van der Waals surface area (Å²) in [6.45, 7) is 2.13. The lowest BCUT2D eigenvalue weighted by Gasteiger charge is -2.01. The first-order valence-electron chi connectivity index (χ1n) is 5.67. The van der Waals surface area contributed by atoms with Crippen LogP contribution in [0.5, 0.6) is 0 Å². The Morgan fingerprint density at radius 1 is 1.53 bits per heavy atom. The van der Waals surface area contributed by atoms with E-state index in [1.165, 1.54) is 12.1 Å². The fourth-order valence-electron chi connectivity index (χ4n) is 2.29. The lowest BCUT2D eigenvalue weighted by atomic mass is 10.1. The Morgan fingerprint density at radius 2 is 2.29 bits per heavy atom. The molecular formula is C13H14ClFO2. The molecule has 1 aromatic rings. The highest BCUT2D eigenvalue weighted by Crippen LogP contribution is 2.55.